The first-order chi connectivity index (χ1) is 12.2. The lowest BCUT2D eigenvalue weighted by Crippen LogP contribution is -2.18. The number of nitrogens with zero attached hydrogens (tertiary/aromatic N) is 1. The highest BCUT2D eigenvalue weighted by molar-refractivity contribution is 5.97. The van der Waals surface area contributed by atoms with Gasteiger partial charge in [0.25, 0.3) is 5.91 Å². The van der Waals surface area contributed by atoms with Gasteiger partial charge in [-0.1, -0.05) is 19.1 Å². The zero-order valence-corrected chi connectivity index (χ0v) is 13.6. The number of rotatable bonds is 5. The van der Waals surface area contributed by atoms with Crippen LogP contribution in [0.25, 0.3) is 0 Å². The highest BCUT2D eigenvalue weighted by atomic mass is 16.7. The van der Waals surface area contributed by atoms with E-state index in [9.17, 15) is 9.59 Å². The molecule has 0 radical (unpaired) electrons. The van der Waals surface area contributed by atoms with Gasteiger partial charge in [0.15, 0.2) is 11.5 Å². The zero-order valence-electron chi connectivity index (χ0n) is 13.6. The number of carbonyl (C=O) groups excluding carboxylic acids is 2. The van der Waals surface area contributed by atoms with Crippen molar-refractivity contribution >= 4 is 23.7 Å². The van der Waals surface area contributed by atoms with Crippen molar-refractivity contribution in [2.24, 2.45) is 5.10 Å². The molecule has 0 aliphatic carbocycles. The van der Waals surface area contributed by atoms with Crippen LogP contribution < -0.4 is 20.2 Å². The topological polar surface area (TPSA) is 89.0 Å². The molecule has 7 nitrogen and oxygen atoms in total. The lowest BCUT2D eigenvalue weighted by molar-refractivity contribution is -0.115. The third-order valence-corrected chi connectivity index (χ3v) is 3.53. The van der Waals surface area contributed by atoms with Gasteiger partial charge in [-0.15, -0.1) is 0 Å². The van der Waals surface area contributed by atoms with Crippen LogP contribution in [0.4, 0.5) is 5.69 Å². The number of amides is 2. The van der Waals surface area contributed by atoms with Crippen LogP contribution in [0.15, 0.2) is 47.6 Å². The molecular weight excluding hydrogens is 322 g/mol. The number of benzene rings is 2. The van der Waals surface area contributed by atoms with Crippen molar-refractivity contribution in [1.82, 2.24) is 5.43 Å². The van der Waals surface area contributed by atoms with Crippen LogP contribution in [0, 0.1) is 0 Å². The second-order valence-corrected chi connectivity index (χ2v) is 5.26. The first-order valence-electron chi connectivity index (χ1n) is 7.79. The van der Waals surface area contributed by atoms with Gasteiger partial charge in [0.2, 0.25) is 12.7 Å². The molecule has 1 aliphatic rings. The summed E-state index contributed by atoms with van der Waals surface area (Å²) in [6, 6.07) is 12.1. The molecule has 0 aromatic heterocycles. The van der Waals surface area contributed by atoms with Gasteiger partial charge in [-0.2, -0.15) is 5.10 Å². The maximum atomic E-state index is 12.2. The van der Waals surface area contributed by atoms with Gasteiger partial charge >= 0.3 is 0 Å². The standard InChI is InChI=1S/C18H17N3O4/c1-2-16(22)20-14-7-3-5-12(9-14)18(23)21-19-10-13-6-4-8-15-17(13)25-11-24-15/h3-10H,2,11H2,1H3,(H,20,22)(H,21,23)/b19-10+. The molecular formula is C18H17N3O4. The number of para-hydroxylation sites is 1. The zero-order chi connectivity index (χ0) is 17.6. The Kier molecular flexibility index (Phi) is 4.94. The van der Waals surface area contributed by atoms with Gasteiger partial charge in [-0.25, -0.2) is 5.43 Å². The summed E-state index contributed by atoms with van der Waals surface area (Å²) in [7, 11) is 0. The van der Waals surface area contributed by atoms with Crippen LogP contribution in [0.2, 0.25) is 0 Å². The molecule has 0 saturated carbocycles. The number of fused-ring (bicyclic) bond motifs is 1. The summed E-state index contributed by atoms with van der Waals surface area (Å²) in [4.78, 5) is 23.6. The Hall–Kier alpha value is -3.35. The average Bonchev–Trinajstić information content (AvgIpc) is 3.11. The Balaban J connectivity index is 1.66. The normalized spacial score (nSPS) is 12.2. The van der Waals surface area contributed by atoms with Crippen molar-refractivity contribution in [2.45, 2.75) is 13.3 Å². The molecule has 1 aliphatic heterocycles. The summed E-state index contributed by atoms with van der Waals surface area (Å²) in [5, 5.41) is 6.66. The SMILES string of the molecule is CCC(=O)Nc1cccc(C(=O)N/N=C/c2cccc3c2OCO3)c1. The van der Waals surface area contributed by atoms with Crippen LogP contribution in [0.5, 0.6) is 11.5 Å². The first kappa shape index (κ1) is 16.5. The van der Waals surface area contributed by atoms with Crippen molar-refractivity contribution < 1.29 is 19.1 Å². The van der Waals surface area contributed by atoms with E-state index in [1.165, 1.54) is 6.21 Å². The van der Waals surface area contributed by atoms with Crippen molar-refractivity contribution in [3.05, 3.63) is 53.6 Å². The molecule has 2 N–H and O–H groups in total. The highest BCUT2D eigenvalue weighted by Gasteiger charge is 2.16. The van der Waals surface area contributed by atoms with E-state index in [-0.39, 0.29) is 18.6 Å². The lowest BCUT2D eigenvalue weighted by Gasteiger charge is -2.05. The van der Waals surface area contributed by atoms with Gasteiger partial charge in [0, 0.05) is 23.2 Å². The predicted molar refractivity (Wildman–Crippen MR) is 93.0 cm³/mol. The Bertz CT molecular complexity index is 833. The minimum atomic E-state index is -0.381. The van der Waals surface area contributed by atoms with Gasteiger partial charge in [0.1, 0.15) is 0 Å². The van der Waals surface area contributed by atoms with Gasteiger partial charge in [0.05, 0.1) is 6.21 Å². The molecule has 0 fully saturated rings. The number of hydrogen-bond acceptors (Lipinski definition) is 5. The molecule has 1 heterocycles. The minimum Gasteiger partial charge on any atom is -0.454 e. The molecule has 2 amide bonds. The second kappa shape index (κ2) is 7.48. The lowest BCUT2D eigenvalue weighted by atomic mass is 10.2. The van der Waals surface area contributed by atoms with Crippen molar-refractivity contribution in [2.75, 3.05) is 12.1 Å². The van der Waals surface area contributed by atoms with Gasteiger partial charge in [-0.3, -0.25) is 9.59 Å². The summed E-state index contributed by atoms with van der Waals surface area (Å²) in [5.74, 6) is 0.753. The van der Waals surface area contributed by atoms with E-state index in [2.05, 4.69) is 15.8 Å². The van der Waals surface area contributed by atoms with Gasteiger partial charge in [-0.05, 0) is 30.3 Å². The first-order valence-corrected chi connectivity index (χ1v) is 7.79. The number of hydrazone groups is 1. The molecule has 0 atom stereocenters. The molecule has 0 saturated heterocycles. The Morgan fingerprint density at radius 2 is 2.04 bits per heavy atom. The third-order valence-electron chi connectivity index (χ3n) is 3.53. The van der Waals surface area contributed by atoms with E-state index in [0.717, 1.165) is 0 Å². The highest BCUT2D eigenvalue weighted by Crippen LogP contribution is 2.34. The van der Waals surface area contributed by atoms with Crippen LogP contribution in [0.3, 0.4) is 0 Å². The van der Waals surface area contributed by atoms with Crippen LogP contribution >= 0.6 is 0 Å². The maximum Gasteiger partial charge on any atom is 0.271 e. The van der Waals surface area contributed by atoms with Crippen LogP contribution in [0.1, 0.15) is 29.3 Å². The fourth-order valence-electron chi connectivity index (χ4n) is 2.27. The largest absolute Gasteiger partial charge is 0.454 e. The second-order valence-electron chi connectivity index (χ2n) is 5.26. The van der Waals surface area contributed by atoms with Crippen molar-refractivity contribution in [1.29, 1.82) is 0 Å². The molecule has 0 spiro atoms. The van der Waals surface area contributed by atoms with E-state index >= 15 is 0 Å². The number of anilines is 1. The Labute approximate surface area is 144 Å². The van der Waals surface area contributed by atoms with E-state index in [0.29, 0.717) is 34.7 Å². The minimum absolute atomic E-state index is 0.115. The summed E-state index contributed by atoms with van der Waals surface area (Å²) in [6.45, 7) is 1.93. The fourth-order valence-corrected chi connectivity index (χ4v) is 2.27. The summed E-state index contributed by atoms with van der Waals surface area (Å²) >= 11 is 0. The molecule has 0 unspecified atom stereocenters. The summed E-state index contributed by atoms with van der Waals surface area (Å²) in [6.07, 6.45) is 1.86. The van der Waals surface area contributed by atoms with Crippen molar-refractivity contribution in [3.8, 4) is 11.5 Å². The van der Waals surface area contributed by atoms with Crippen molar-refractivity contribution in [3.63, 3.8) is 0 Å². The molecule has 25 heavy (non-hydrogen) atoms. The molecule has 3 rings (SSSR count). The number of carbonyl (C=O) groups is 2. The smallest absolute Gasteiger partial charge is 0.271 e. The molecule has 7 heteroatoms. The van der Waals surface area contributed by atoms with Crippen LogP contribution in [-0.2, 0) is 4.79 Å². The predicted octanol–water partition coefficient (Wildman–Crippen LogP) is 2.53. The molecule has 0 bridgehead atoms. The van der Waals surface area contributed by atoms with E-state index in [1.54, 1.807) is 37.3 Å². The quantitative estimate of drug-likeness (QED) is 0.647. The van der Waals surface area contributed by atoms with E-state index < -0.39 is 0 Å². The van der Waals surface area contributed by atoms with Gasteiger partial charge < -0.3 is 14.8 Å². The summed E-state index contributed by atoms with van der Waals surface area (Å²) in [5.41, 5.74) is 4.12. The third kappa shape index (κ3) is 3.95. The Morgan fingerprint density at radius 3 is 2.88 bits per heavy atom. The molecule has 2 aromatic carbocycles. The average molecular weight is 339 g/mol. The van der Waals surface area contributed by atoms with E-state index in [1.807, 2.05) is 12.1 Å². The number of nitrogens with one attached hydrogen (secondary N) is 2. The monoisotopic (exact) mass is 339 g/mol. The Morgan fingerprint density at radius 1 is 1.20 bits per heavy atom. The maximum absolute atomic E-state index is 12.2. The summed E-state index contributed by atoms with van der Waals surface area (Å²) < 4.78 is 10.7. The fraction of sp³-hybridized carbons (Fsp3) is 0.167. The molecule has 2 aromatic rings. The number of ether oxygens (including phenoxy) is 2. The number of hydrogen-bond donors (Lipinski definition) is 2. The van der Waals surface area contributed by atoms with Crippen LogP contribution in [-0.4, -0.2) is 24.8 Å². The van der Waals surface area contributed by atoms with E-state index in [4.69, 9.17) is 9.47 Å². The molecule has 128 valence electrons.